The molecule has 0 saturated carbocycles. The Balaban J connectivity index is 0. The summed E-state index contributed by atoms with van der Waals surface area (Å²) in [6.07, 6.45) is 12.0. The number of nitrogens with zero attached hydrogens (tertiary/aromatic N) is 6. The van der Waals surface area contributed by atoms with Crippen molar-refractivity contribution in [3.8, 4) is 0 Å². The van der Waals surface area contributed by atoms with Crippen LogP contribution >= 0.6 is 31.9 Å². The maximum atomic E-state index is 7.98. The van der Waals surface area contributed by atoms with Gasteiger partial charge in [0.1, 0.15) is 0 Å². The monoisotopic (exact) mass is 438 g/mol. The zero-order valence-corrected chi connectivity index (χ0v) is 16.5. The maximum Gasteiger partial charge on any atom is 0.0257 e. The van der Waals surface area contributed by atoms with E-state index in [2.05, 4.69) is 51.9 Å². The molecule has 22 heavy (non-hydrogen) atoms. The molecule has 128 valence electrons. The van der Waals surface area contributed by atoms with E-state index in [1.807, 2.05) is 0 Å². The van der Waals surface area contributed by atoms with Crippen molar-refractivity contribution in [1.29, 1.82) is 0 Å². The lowest BCUT2D eigenvalue weighted by atomic mass is 10.1. The maximum absolute atomic E-state index is 7.98. The highest BCUT2D eigenvalue weighted by molar-refractivity contribution is 9.09. The fraction of sp³-hybridized carbons (Fsp3) is 1.00. The molecule has 0 aliphatic carbocycles. The summed E-state index contributed by atoms with van der Waals surface area (Å²) in [6, 6.07) is 0. The molecule has 0 atom stereocenters. The van der Waals surface area contributed by atoms with Gasteiger partial charge in [-0.25, -0.2) is 0 Å². The number of alkyl halides is 2. The van der Waals surface area contributed by atoms with Crippen LogP contribution < -0.4 is 0 Å². The quantitative estimate of drug-likeness (QED) is 0.0892. The van der Waals surface area contributed by atoms with Gasteiger partial charge in [0.2, 0.25) is 0 Å². The molecule has 0 rings (SSSR count). The molecule has 0 aromatic carbocycles. The number of hydrogen-bond acceptors (Lipinski definition) is 2. The highest BCUT2D eigenvalue weighted by Crippen LogP contribution is 2.05. The molecule has 0 radical (unpaired) electrons. The molecule has 0 aliphatic rings. The van der Waals surface area contributed by atoms with Gasteiger partial charge in [-0.1, -0.05) is 80.6 Å². The van der Waals surface area contributed by atoms with Crippen molar-refractivity contribution >= 4 is 31.9 Å². The van der Waals surface area contributed by atoms with Gasteiger partial charge in [-0.05, 0) is 36.7 Å². The van der Waals surface area contributed by atoms with Gasteiger partial charge in [-0.3, -0.25) is 0 Å². The smallest absolute Gasteiger partial charge is 0.0257 e. The van der Waals surface area contributed by atoms with Crippen LogP contribution in [-0.4, -0.2) is 23.7 Å². The van der Waals surface area contributed by atoms with Gasteiger partial charge in [0.05, 0.1) is 0 Å². The molecule has 0 amide bonds. The third-order valence-electron chi connectivity index (χ3n) is 2.91. The van der Waals surface area contributed by atoms with Gasteiger partial charge in [0, 0.05) is 33.6 Å². The Kier molecular flexibility index (Phi) is 27.7. The third-order valence-corrected chi connectivity index (χ3v) is 4.03. The van der Waals surface area contributed by atoms with Gasteiger partial charge in [-0.2, -0.15) is 0 Å². The molecule has 0 aliphatic heterocycles. The molecule has 0 fully saturated rings. The predicted octanol–water partition coefficient (Wildman–Crippen LogP) is 7.28. The molecule has 0 aromatic rings. The number of halogens is 2. The largest absolute Gasteiger partial charge is 0.0940 e. The minimum absolute atomic E-state index is 0.590. The zero-order chi connectivity index (χ0) is 16.7. The van der Waals surface area contributed by atoms with E-state index < -0.39 is 0 Å². The predicted molar refractivity (Wildman–Crippen MR) is 102 cm³/mol. The summed E-state index contributed by atoms with van der Waals surface area (Å²) in [5.41, 5.74) is 16.0. The lowest BCUT2D eigenvalue weighted by molar-refractivity contribution is 0.622. The van der Waals surface area contributed by atoms with Crippen molar-refractivity contribution in [3.05, 3.63) is 20.9 Å². The summed E-state index contributed by atoms with van der Waals surface area (Å²) in [5.74, 6) is 0. The van der Waals surface area contributed by atoms with Crippen molar-refractivity contribution in [2.24, 2.45) is 10.2 Å². The van der Waals surface area contributed by atoms with Crippen molar-refractivity contribution in [2.75, 3.05) is 23.7 Å². The van der Waals surface area contributed by atoms with E-state index in [9.17, 15) is 0 Å². The second-order valence-electron chi connectivity index (χ2n) is 4.82. The van der Waals surface area contributed by atoms with Gasteiger partial charge in [-0.15, -0.1) is 0 Å². The number of hydrogen-bond donors (Lipinski definition) is 0. The van der Waals surface area contributed by atoms with E-state index >= 15 is 0 Å². The summed E-state index contributed by atoms with van der Waals surface area (Å²) in [6.45, 7) is 1.18. The molecule has 0 N–H and O–H groups in total. The van der Waals surface area contributed by atoms with E-state index in [0.29, 0.717) is 13.1 Å². The summed E-state index contributed by atoms with van der Waals surface area (Å²) in [4.78, 5) is 5.33. The first-order chi connectivity index (χ1) is 10.8. The summed E-state index contributed by atoms with van der Waals surface area (Å²) >= 11 is 6.82. The van der Waals surface area contributed by atoms with Crippen LogP contribution in [0.4, 0.5) is 0 Å². The fourth-order valence-electron chi connectivity index (χ4n) is 1.70. The molecule has 6 nitrogen and oxygen atoms in total. The first kappa shape index (κ1) is 23.8. The van der Waals surface area contributed by atoms with Crippen LogP contribution in [0.2, 0.25) is 0 Å². The Morgan fingerprint density at radius 2 is 0.864 bits per heavy atom. The zero-order valence-electron chi connectivity index (χ0n) is 13.3. The Hall–Kier alpha value is -0.420. The molecule has 0 bridgehead atoms. The van der Waals surface area contributed by atoms with Crippen molar-refractivity contribution in [3.63, 3.8) is 0 Å². The molecule has 0 heterocycles. The molecular formula is C14H28Br2N6. The van der Waals surface area contributed by atoms with Crippen LogP contribution in [0, 0.1) is 0 Å². The first-order valence-electron chi connectivity index (χ1n) is 7.97. The van der Waals surface area contributed by atoms with Gasteiger partial charge < -0.3 is 0 Å². The highest BCUT2D eigenvalue weighted by atomic mass is 79.9. The Bertz CT molecular complexity index is 274. The second-order valence-corrected chi connectivity index (χ2v) is 6.41. The van der Waals surface area contributed by atoms with E-state index in [1.165, 1.54) is 42.8 Å². The summed E-state index contributed by atoms with van der Waals surface area (Å²) in [5, 5.41) is 9.20. The number of unbranched alkanes of at least 4 members (excludes halogenated alkanes) is 8. The molecule has 8 heteroatoms. The van der Waals surface area contributed by atoms with Gasteiger partial charge in [0.25, 0.3) is 0 Å². The Labute approximate surface area is 150 Å². The average molecular weight is 440 g/mol. The standard InChI is InChI=1S/C7H14Br2.C7H14N6/c8-6-4-2-1-3-5-7-9;8-12-10-6-4-2-1-3-5-7-11-13-9/h1-7H2;1-7H2. The van der Waals surface area contributed by atoms with Crippen LogP contribution in [-0.2, 0) is 0 Å². The van der Waals surface area contributed by atoms with E-state index in [4.69, 9.17) is 11.1 Å². The number of azide groups is 2. The Morgan fingerprint density at radius 1 is 0.545 bits per heavy atom. The van der Waals surface area contributed by atoms with Crippen LogP contribution in [0.1, 0.15) is 64.2 Å². The topological polar surface area (TPSA) is 97.5 Å². The van der Waals surface area contributed by atoms with E-state index in [-0.39, 0.29) is 0 Å². The third kappa shape index (κ3) is 27.8. The van der Waals surface area contributed by atoms with Crippen molar-refractivity contribution in [2.45, 2.75) is 64.2 Å². The molecular weight excluding hydrogens is 412 g/mol. The fourth-order valence-corrected chi connectivity index (χ4v) is 2.50. The van der Waals surface area contributed by atoms with Crippen LogP contribution in [0.3, 0.4) is 0 Å². The summed E-state index contributed by atoms with van der Waals surface area (Å²) < 4.78 is 0. The molecule has 0 saturated heterocycles. The molecule has 0 spiro atoms. The van der Waals surface area contributed by atoms with Gasteiger partial charge in [0.15, 0.2) is 0 Å². The SMILES string of the molecule is BrCCCCCCCBr.[N-]=[N+]=NCCCCCCCN=[N+]=[N-]. The summed E-state index contributed by atoms with van der Waals surface area (Å²) in [7, 11) is 0. The normalized spacial score (nSPS) is 9.18. The average Bonchev–Trinajstić information content (AvgIpc) is 2.54. The van der Waals surface area contributed by atoms with Crippen LogP contribution in [0.15, 0.2) is 10.2 Å². The minimum Gasteiger partial charge on any atom is -0.0940 e. The van der Waals surface area contributed by atoms with Gasteiger partial charge >= 0.3 is 0 Å². The van der Waals surface area contributed by atoms with Crippen LogP contribution in [0.25, 0.3) is 20.9 Å². The Morgan fingerprint density at radius 3 is 1.18 bits per heavy atom. The van der Waals surface area contributed by atoms with E-state index in [1.54, 1.807) is 0 Å². The number of rotatable bonds is 14. The van der Waals surface area contributed by atoms with Crippen molar-refractivity contribution in [1.82, 2.24) is 0 Å². The lowest BCUT2D eigenvalue weighted by Gasteiger charge is -1.96. The first-order valence-corrected chi connectivity index (χ1v) is 10.2. The second kappa shape index (κ2) is 25.5. The lowest BCUT2D eigenvalue weighted by Crippen LogP contribution is -1.83. The van der Waals surface area contributed by atoms with Crippen LogP contribution in [0.5, 0.6) is 0 Å². The molecule has 0 aromatic heterocycles. The molecule has 0 unspecified atom stereocenters. The minimum atomic E-state index is 0.590. The highest BCUT2D eigenvalue weighted by Gasteiger charge is 1.89. The van der Waals surface area contributed by atoms with E-state index in [0.717, 1.165) is 32.1 Å². The van der Waals surface area contributed by atoms with Crippen molar-refractivity contribution < 1.29 is 0 Å².